The molecular weight excluding hydrogens is 238 g/mol. The summed E-state index contributed by atoms with van der Waals surface area (Å²) < 4.78 is 5.23. The third-order valence-corrected chi connectivity index (χ3v) is 4.61. The second kappa shape index (κ2) is 5.24. The molecule has 3 heteroatoms. The number of ether oxygens (including phenoxy) is 1. The normalized spacial score (nSPS) is 23.6. The molecule has 1 aromatic rings. The van der Waals surface area contributed by atoms with E-state index in [9.17, 15) is 4.79 Å². The molecule has 19 heavy (non-hydrogen) atoms. The van der Waals surface area contributed by atoms with Gasteiger partial charge < -0.3 is 10.1 Å². The Hall–Kier alpha value is -1.51. The molecule has 1 amide bonds. The van der Waals surface area contributed by atoms with Gasteiger partial charge in [-0.05, 0) is 36.5 Å². The predicted molar refractivity (Wildman–Crippen MR) is 74.6 cm³/mol. The first-order valence-electron chi connectivity index (χ1n) is 7.25. The molecule has 2 aliphatic rings. The third kappa shape index (κ3) is 2.34. The molecule has 1 saturated carbocycles. The highest BCUT2D eigenvalue weighted by atomic mass is 16.5. The molecule has 1 atom stereocenters. The van der Waals surface area contributed by atoms with Gasteiger partial charge in [0.25, 0.3) is 5.91 Å². The van der Waals surface area contributed by atoms with E-state index in [-0.39, 0.29) is 5.91 Å². The lowest BCUT2D eigenvalue weighted by Gasteiger charge is -2.34. The number of rotatable bonds is 2. The lowest BCUT2D eigenvalue weighted by molar-refractivity contribution is 0.0930. The van der Waals surface area contributed by atoms with Gasteiger partial charge in [0, 0.05) is 18.0 Å². The third-order valence-electron chi connectivity index (χ3n) is 4.61. The number of carbonyl (C=O) groups is 1. The quantitative estimate of drug-likeness (QED) is 0.886. The van der Waals surface area contributed by atoms with Gasteiger partial charge in [0.05, 0.1) is 7.11 Å². The van der Waals surface area contributed by atoms with E-state index in [0.29, 0.717) is 5.92 Å². The van der Waals surface area contributed by atoms with Gasteiger partial charge in [0.15, 0.2) is 0 Å². The molecule has 1 unspecified atom stereocenters. The van der Waals surface area contributed by atoms with Gasteiger partial charge in [-0.1, -0.05) is 25.3 Å². The molecule has 1 N–H and O–H groups in total. The van der Waals surface area contributed by atoms with Crippen LogP contribution in [0.3, 0.4) is 0 Å². The fourth-order valence-corrected chi connectivity index (χ4v) is 3.55. The van der Waals surface area contributed by atoms with Crippen molar-refractivity contribution in [3.63, 3.8) is 0 Å². The Morgan fingerprint density at radius 2 is 2.00 bits per heavy atom. The standard InChI is InChI=1S/C16H21NO2/c1-19-12-7-8-13-14(9-12)16(18)17-10-15(13)11-5-3-2-4-6-11/h7-9,11,15H,2-6,10H2,1H3,(H,17,18). The maximum absolute atomic E-state index is 12.0. The van der Waals surface area contributed by atoms with E-state index in [1.54, 1.807) is 7.11 Å². The molecule has 3 nitrogen and oxygen atoms in total. The lowest BCUT2D eigenvalue weighted by atomic mass is 9.74. The van der Waals surface area contributed by atoms with E-state index in [4.69, 9.17) is 4.74 Å². The average Bonchev–Trinajstić information content (AvgIpc) is 2.48. The second-order valence-electron chi connectivity index (χ2n) is 5.67. The predicted octanol–water partition coefficient (Wildman–Crippen LogP) is 3.10. The molecule has 102 valence electrons. The van der Waals surface area contributed by atoms with E-state index in [1.165, 1.54) is 37.7 Å². The van der Waals surface area contributed by atoms with Crippen LogP contribution in [0.15, 0.2) is 18.2 Å². The van der Waals surface area contributed by atoms with E-state index in [1.807, 2.05) is 12.1 Å². The zero-order valence-corrected chi connectivity index (χ0v) is 11.4. The van der Waals surface area contributed by atoms with E-state index in [0.717, 1.165) is 23.8 Å². The molecule has 0 saturated heterocycles. The first-order chi connectivity index (χ1) is 9.29. The summed E-state index contributed by atoms with van der Waals surface area (Å²) in [6.45, 7) is 0.794. The molecular formula is C16H21NO2. The fraction of sp³-hybridized carbons (Fsp3) is 0.562. The van der Waals surface area contributed by atoms with Gasteiger partial charge >= 0.3 is 0 Å². The topological polar surface area (TPSA) is 38.3 Å². The first-order valence-corrected chi connectivity index (χ1v) is 7.25. The van der Waals surface area contributed by atoms with E-state index >= 15 is 0 Å². The first kappa shape index (κ1) is 12.5. The molecule has 1 aromatic carbocycles. The summed E-state index contributed by atoms with van der Waals surface area (Å²) in [7, 11) is 1.64. The number of nitrogens with one attached hydrogen (secondary N) is 1. The van der Waals surface area contributed by atoms with Crippen molar-refractivity contribution in [1.82, 2.24) is 5.32 Å². The van der Waals surface area contributed by atoms with Crippen LogP contribution in [0, 0.1) is 5.92 Å². The van der Waals surface area contributed by atoms with Crippen LogP contribution in [0.1, 0.15) is 53.9 Å². The van der Waals surface area contributed by atoms with Crippen LogP contribution < -0.4 is 10.1 Å². The zero-order chi connectivity index (χ0) is 13.2. The number of hydrogen-bond acceptors (Lipinski definition) is 2. The number of benzene rings is 1. The Balaban J connectivity index is 1.93. The number of amides is 1. The van der Waals surface area contributed by atoms with Crippen LogP contribution in [0.5, 0.6) is 5.75 Å². The summed E-state index contributed by atoms with van der Waals surface area (Å²) in [5, 5.41) is 3.04. The van der Waals surface area contributed by atoms with Gasteiger partial charge in [-0.3, -0.25) is 4.79 Å². The van der Waals surface area contributed by atoms with Crippen LogP contribution in [-0.4, -0.2) is 19.6 Å². The van der Waals surface area contributed by atoms with Gasteiger partial charge in [-0.2, -0.15) is 0 Å². The minimum atomic E-state index is 0.0426. The molecule has 0 radical (unpaired) electrons. The SMILES string of the molecule is COc1ccc2c(c1)C(=O)NCC2C1CCCCC1. The summed E-state index contributed by atoms with van der Waals surface area (Å²) in [6, 6.07) is 5.94. The van der Waals surface area contributed by atoms with Gasteiger partial charge in [-0.25, -0.2) is 0 Å². The highest BCUT2D eigenvalue weighted by Gasteiger charge is 2.32. The van der Waals surface area contributed by atoms with E-state index in [2.05, 4.69) is 11.4 Å². The molecule has 1 heterocycles. The Labute approximate surface area is 114 Å². The van der Waals surface area contributed by atoms with Crippen molar-refractivity contribution >= 4 is 5.91 Å². The highest BCUT2D eigenvalue weighted by Crippen LogP contribution is 2.39. The number of methoxy groups -OCH3 is 1. The molecule has 0 bridgehead atoms. The monoisotopic (exact) mass is 259 g/mol. The van der Waals surface area contributed by atoms with E-state index < -0.39 is 0 Å². The van der Waals surface area contributed by atoms with Crippen LogP contribution >= 0.6 is 0 Å². The summed E-state index contributed by atoms with van der Waals surface area (Å²) >= 11 is 0. The van der Waals surface area contributed by atoms with Crippen molar-refractivity contribution in [1.29, 1.82) is 0 Å². The van der Waals surface area contributed by atoms with Crippen molar-refractivity contribution in [2.75, 3.05) is 13.7 Å². The van der Waals surface area contributed by atoms with Gasteiger partial charge in [-0.15, -0.1) is 0 Å². The largest absolute Gasteiger partial charge is 0.497 e. The Morgan fingerprint density at radius 3 is 2.74 bits per heavy atom. The maximum atomic E-state index is 12.0. The highest BCUT2D eigenvalue weighted by molar-refractivity contribution is 5.97. The summed E-state index contributed by atoms with van der Waals surface area (Å²) in [6.07, 6.45) is 6.63. The summed E-state index contributed by atoms with van der Waals surface area (Å²) in [5.74, 6) is 2.01. The maximum Gasteiger partial charge on any atom is 0.251 e. The van der Waals surface area contributed by atoms with Crippen molar-refractivity contribution < 1.29 is 9.53 Å². The fourth-order valence-electron chi connectivity index (χ4n) is 3.55. The zero-order valence-electron chi connectivity index (χ0n) is 11.4. The van der Waals surface area contributed by atoms with Gasteiger partial charge in [0.1, 0.15) is 5.75 Å². The second-order valence-corrected chi connectivity index (χ2v) is 5.67. The summed E-state index contributed by atoms with van der Waals surface area (Å²) in [4.78, 5) is 12.0. The van der Waals surface area contributed by atoms with Crippen molar-refractivity contribution in [3.05, 3.63) is 29.3 Å². The molecule has 1 aliphatic heterocycles. The molecule has 1 aliphatic carbocycles. The van der Waals surface area contributed by atoms with Crippen molar-refractivity contribution in [2.24, 2.45) is 5.92 Å². The Morgan fingerprint density at radius 1 is 1.21 bits per heavy atom. The number of hydrogen-bond donors (Lipinski definition) is 1. The Bertz CT molecular complexity index is 478. The van der Waals surface area contributed by atoms with Crippen molar-refractivity contribution in [3.8, 4) is 5.75 Å². The minimum Gasteiger partial charge on any atom is -0.497 e. The lowest BCUT2D eigenvalue weighted by Crippen LogP contribution is -2.38. The number of carbonyl (C=O) groups excluding carboxylic acids is 1. The summed E-state index contributed by atoms with van der Waals surface area (Å²) in [5.41, 5.74) is 2.03. The Kier molecular flexibility index (Phi) is 3.45. The average molecular weight is 259 g/mol. The van der Waals surface area contributed by atoms with Gasteiger partial charge in [0.2, 0.25) is 0 Å². The molecule has 0 aromatic heterocycles. The minimum absolute atomic E-state index is 0.0426. The van der Waals surface area contributed by atoms with Crippen LogP contribution in [0.2, 0.25) is 0 Å². The number of fused-ring (bicyclic) bond motifs is 1. The van der Waals surface area contributed by atoms with Crippen LogP contribution in [-0.2, 0) is 0 Å². The molecule has 3 rings (SSSR count). The van der Waals surface area contributed by atoms with Crippen LogP contribution in [0.25, 0.3) is 0 Å². The molecule has 0 spiro atoms. The van der Waals surface area contributed by atoms with Crippen molar-refractivity contribution in [2.45, 2.75) is 38.0 Å². The van der Waals surface area contributed by atoms with Crippen LogP contribution in [0.4, 0.5) is 0 Å². The smallest absolute Gasteiger partial charge is 0.251 e. The molecule has 1 fully saturated rings.